The molecule has 1 amide bonds. The number of carbonyl (C=O) groups is 1. The number of hydrogen-bond acceptors (Lipinski definition) is 2. The fourth-order valence-electron chi connectivity index (χ4n) is 1.97. The minimum absolute atomic E-state index is 0.0735. The van der Waals surface area contributed by atoms with E-state index in [-0.39, 0.29) is 5.91 Å². The van der Waals surface area contributed by atoms with Crippen molar-refractivity contribution in [3.05, 3.63) is 46.1 Å². The molecule has 0 spiro atoms. The van der Waals surface area contributed by atoms with E-state index in [1.54, 1.807) is 29.2 Å². The molecule has 1 aromatic carbocycles. The monoisotopic (exact) mass is 295 g/mol. The second kappa shape index (κ2) is 4.91. The molecule has 2 heterocycles. The van der Waals surface area contributed by atoms with Crippen LogP contribution in [-0.2, 0) is 0 Å². The van der Waals surface area contributed by atoms with Crippen molar-refractivity contribution in [2.45, 2.75) is 6.42 Å². The zero-order valence-corrected chi connectivity index (χ0v) is 11.5. The number of halogens is 2. The number of amides is 1. The first-order valence-electron chi connectivity index (χ1n) is 6.00. The van der Waals surface area contributed by atoms with Crippen LogP contribution in [0.5, 0.6) is 0 Å². The first kappa shape index (κ1) is 12.6. The summed E-state index contributed by atoms with van der Waals surface area (Å²) in [4.78, 5) is 13.7. The SMILES string of the molecule is O=C(c1ccc(-c2cccc(Cl)c2Cl)o1)N1CCC1. The van der Waals surface area contributed by atoms with Crippen LogP contribution in [0, 0.1) is 0 Å². The van der Waals surface area contributed by atoms with Gasteiger partial charge in [-0.05, 0) is 30.7 Å². The van der Waals surface area contributed by atoms with Crippen LogP contribution < -0.4 is 0 Å². The zero-order valence-electron chi connectivity index (χ0n) is 10.0. The van der Waals surface area contributed by atoms with Crippen molar-refractivity contribution < 1.29 is 9.21 Å². The van der Waals surface area contributed by atoms with Gasteiger partial charge in [-0.25, -0.2) is 0 Å². The standard InChI is InChI=1S/C14H11Cl2NO2/c15-10-4-1-3-9(13(10)16)11-5-6-12(19-11)14(18)17-7-2-8-17/h1,3-6H,2,7-8H2. The van der Waals surface area contributed by atoms with Crippen molar-refractivity contribution in [3.63, 3.8) is 0 Å². The highest BCUT2D eigenvalue weighted by atomic mass is 35.5. The van der Waals surface area contributed by atoms with Gasteiger partial charge in [-0.3, -0.25) is 4.79 Å². The number of benzene rings is 1. The van der Waals surface area contributed by atoms with Crippen molar-refractivity contribution >= 4 is 29.1 Å². The minimum Gasteiger partial charge on any atom is -0.451 e. The molecule has 1 fully saturated rings. The lowest BCUT2D eigenvalue weighted by atomic mass is 10.2. The van der Waals surface area contributed by atoms with Gasteiger partial charge in [0.15, 0.2) is 5.76 Å². The first-order valence-corrected chi connectivity index (χ1v) is 6.76. The van der Waals surface area contributed by atoms with Crippen LogP contribution in [0.15, 0.2) is 34.7 Å². The average molecular weight is 296 g/mol. The second-order valence-electron chi connectivity index (χ2n) is 4.41. The fourth-order valence-corrected chi connectivity index (χ4v) is 2.36. The summed E-state index contributed by atoms with van der Waals surface area (Å²) in [5.74, 6) is 0.817. The molecule has 3 nitrogen and oxygen atoms in total. The van der Waals surface area contributed by atoms with E-state index in [9.17, 15) is 4.79 Å². The molecule has 1 aliphatic heterocycles. The lowest BCUT2D eigenvalue weighted by Crippen LogP contribution is -2.41. The predicted octanol–water partition coefficient (Wildman–Crippen LogP) is 4.10. The number of furan rings is 1. The van der Waals surface area contributed by atoms with E-state index >= 15 is 0 Å². The molecular formula is C14H11Cl2NO2. The molecule has 1 aliphatic rings. The molecule has 0 aliphatic carbocycles. The molecule has 0 unspecified atom stereocenters. The van der Waals surface area contributed by atoms with Gasteiger partial charge in [-0.1, -0.05) is 29.3 Å². The van der Waals surface area contributed by atoms with Crippen LogP contribution in [0.4, 0.5) is 0 Å². The number of carbonyl (C=O) groups excluding carboxylic acids is 1. The molecule has 5 heteroatoms. The topological polar surface area (TPSA) is 33.5 Å². The molecule has 98 valence electrons. The number of nitrogens with zero attached hydrogens (tertiary/aromatic N) is 1. The van der Waals surface area contributed by atoms with Crippen molar-refractivity contribution in [3.8, 4) is 11.3 Å². The predicted molar refractivity (Wildman–Crippen MR) is 74.7 cm³/mol. The third kappa shape index (κ3) is 2.24. The van der Waals surface area contributed by atoms with Gasteiger partial charge in [-0.15, -0.1) is 0 Å². The Bertz CT molecular complexity index is 632. The van der Waals surface area contributed by atoms with Crippen molar-refractivity contribution in [1.82, 2.24) is 4.90 Å². The number of hydrogen-bond donors (Lipinski definition) is 0. The molecule has 0 N–H and O–H groups in total. The Kier molecular flexibility index (Phi) is 3.25. The summed E-state index contributed by atoms with van der Waals surface area (Å²) in [5.41, 5.74) is 0.692. The van der Waals surface area contributed by atoms with Gasteiger partial charge >= 0.3 is 0 Å². The van der Waals surface area contributed by atoms with Gasteiger partial charge in [0.1, 0.15) is 5.76 Å². The molecule has 19 heavy (non-hydrogen) atoms. The molecule has 0 atom stereocenters. The molecule has 1 saturated heterocycles. The third-order valence-electron chi connectivity index (χ3n) is 3.18. The summed E-state index contributed by atoms with van der Waals surface area (Å²) < 4.78 is 5.59. The molecule has 0 saturated carbocycles. The Labute approximate surface area is 120 Å². The van der Waals surface area contributed by atoms with Crippen LogP contribution in [0.3, 0.4) is 0 Å². The van der Waals surface area contributed by atoms with Crippen molar-refractivity contribution in [2.24, 2.45) is 0 Å². The zero-order chi connectivity index (χ0) is 13.4. The highest BCUT2D eigenvalue weighted by molar-refractivity contribution is 6.43. The molecule has 3 rings (SSSR count). The molecule has 2 aromatic rings. The lowest BCUT2D eigenvalue weighted by molar-refractivity contribution is 0.0620. The van der Waals surface area contributed by atoms with Crippen LogP contribution >= 0.6 is 23.2 Å². The summed E-state index contributed by atoms with van der Waals surface area (Å²) in [6.07, 6.45) is 1.05. The second-order valence-corrected chi connectivity index (χ2v) is 5.20. The van der Waals surface area contributed by atoms with Crippen molar-refractivity contribution in [2.75, 3.05) is 13.1 Å². The molecule has 0 bridgehead atoms. The third-order valence-corrected chi connectivity index (χ3v) is 4.00. The fraction of sp³-hybridized carbons (Fsp3) is 0.214. The quantitative estimate of drug-likeness (QED) is 0.836. The Morgan fingerprint density at radius 2 is 1.95 bits per heavy atom. The van der Waals surface area contributed by atoms with E-state index in [0.29, 0.717) is 27.1 Å². The van der Waals surface area contributed by atoms with Gasteiger partial charge < -0.3 is 9.32 Å². The van der Waals surface area contributed by atoms with E-state index in [0.717, 1.165) is 19.5 Å². The van der Waals surface area contributed by atoms with Gasteiger partial charge in [-0.2, -0.15) is 0 Å². The summed E-state index contributed by atoms with van der Waals surface area (Å²) in [7, 11) is 0. The van der Waals surface area contributed by atoms with Crippen molar-refractivity contribution in [1.29, 1.82) is 0 Å². The van der Waals surface area contributed by atoms with Gasteiger partial charge in [0.05, 0.1) is 10.0 Å². The Morgan fingerprint density at radius 3 is 2.63 bits per heavy atom. The summed E-state index contributed by atoms with van der Waals surface area (Å²) >= 11 is 12.1. The van der Waals surface area contributed by atoms with E-state index in [4.69, 9.17) is 27.6 Å². The maximum absolute atomic E-state index is 12.0. The summed E-state index contributed by atoms with van der Waals surface area (Å²) in [6, 6.07) is 8.73. The largest absolute Gasteiger partial charge is 0.451 e. The maximum Gasteiger partial charge on any atom is 0.289 e. The number of likely N-dealkylation sites (tertiary alicyclic amines) is 1. The van der Waals surface area contributed by atoms with E-state index < -0.39 is 0 Å². The summed E-state index contributed by atoms with van der Waals surface area (Å²) in [5, 5.41) is 0.896. The summed E-state index contributed by atoms with van der Waals surface area (Å²) in [6.45, 7) is 1.60. The lowest BCUT2D eigenvalue weighted by Gasteiger charge is -2.29. The van der Waals surface area contributed by atoms with E-state index in [1.165, 1.54) is 0 Å². The van der Waals surface area contributed by atoms with Crippen LogP contribution in [-0.4, -0.2) is 23.9 Å². The highest BCUT2D eigenvalue weighted by Gasteiger charge is 2.24. The molecular weight excluding hydrogens is 285 g/mol. The molecule has 0 radical (unpaired) electrons. The van der Waals surface area contributed by atoms with Gasteiger partial charge in [0.2, 0.25) is 0 Å². The average Bonchev–Trinajstić information content (AvgIpc) is 2.79. The van der Waals surface area contributed by atoms with Crippen LogP contribution in [0.2, 0.25) is 10.0 Å². The Hall–Kier alpha value is -1.45. The smallest absolute Gasteiger partial charge is 0.289 e. The molecule has 1 aromatic heterocycles. The highest BCUT2D eigenvalue weighted by Crippen LogP contribution is 2.34. The van der Waals surface area contributed by atoms with Crippen LogP contribution in [0.25, 0.3) is 11.3 Å². The minimum atomic E-state index is -0.0735. The Morgan fingerprint density at radius 1 is 1.16 bits per heavy atom. The number of rotatable bonds is 2. The maximum atomic E-state index is 12.0. The van der Waals surface area contributed by atoms with Crippen LogP contribution in [0.1, 0.15) is 17.0 Å². The van der Waals surface area contributed by atoms with E-state index in [2.05, 4.69) is 0 Å². The van der Waals surface area contributed by atoms with E-state index in [1.807, 2.05) is 6.07 Å². The normalized spacial score (nSPS) is 14.3. The first-order chi connectivity index (χ1) is 9.16. The van der Waals surface area contributed by atoms with Gasteiger partial charge in [0.25, 0.3) is 5.91 Å². The van der Waals surface area contributed by atoms with Gasteiger partial charge in [0, 0.05) is 18.7 Å². The Balaban J connectivity index is 1.92.